The molecule has 236 valence electrons. The standard InChI is InChI=1S/C35H45N7O2Si/c1-24-16-25(9-11-42-12-14-43-15-13-42)27(20-36)19-31(24)41-33-38-10-8-30(40-33)26-17-28(21-37)32-29(18-26)35(5,22-39-32)23-44-45(6,7)34(2,3)4/h8,10,16-19,39H,9,11-15,22-23H2,1-7H3,(H,38,40,41)/t35-/m1/s1. The summed E-state index contributed by atoms with van der Waals surface area (Å²) in [5.74, 6) is 0.432. The number of aryl methyl sites for hydroxylation is 1. The van der Waals surface area contributed by atoms with Gasteiger partial charge in [-0.25, -0.2) is 9.97 Å². The van der Waals surface area contributed by atoms with Crippen LogP contribution in [0.1, 0.15) is 55.5 Å². The van der Waals surface area contributed by atoms with Gasteiger partial charge in [-0.15, -0.1) is 0 Å². The lowest BCUT2D eigenvalue weighted by atomic mass is 9.83. The number of ether oxygens (including phenoxy) is 1. The van der Waals surface area contributed by atoms with Crippen molar-refractivity contribution < 1.29 is 9.16 Å². The lowest BCUT2D eigenvalue weighted by molar-refractivity contribution is 0.0384. The van der Waals surface area contributed by atoms with Crippen LogP contribution in [0.15, 0.2) is 36.5 Å². The first kappa shape index (κ1) is 32.6. The van der Waals surface area contributed by atoms with Crippen LogP contribution in [0, 0.1) is 29.6 Å². The minimum Gasteiger partial charge on any atom is -0.416 e. The topological polar surface area (TPSA) is 119 Å². The van der Waals surface area contributed by atoms with Crippen LogP contribution in [0.5, 0.6) is 0 Å². The van der Waals surface area contributed by atoms with Gasteiger partial charge in [-0.2, -0.15) is 10.5 Å². The van der Waals surface area contributed by atoms with E-state index in [9.17, 15) is 10.5 Å². The summed E-state index contributed by atoms with van der Waals surface area (Å²) < 4.78 is 12.1. The predicted octanol–water partition coefficient (Wildman–Crippen LogP) is 6.52. The van der Waals surface area contributed by atoms with Crippen molar-refractivity contribution >= 4 is 25.6 Å². The van der Waals surface area contributed by atoms with Crippen molar-refractivity contribution in [3.63, 3.8) is 0 Å². The van der Waals surface area contributed by atoms with Crippen molar-refractivity contribution in [2.24, 2.45) is 0 Å². The Balaban J connectivity index is 1.39. The van der Waals surface area contributed by atoms with Crippen LogP contribution in [-0.2, 0) is 21.0 Å². The van der Waals surface area contributed by atoms with Gasteiger partial charge in [0.2, 0.25) is 5.95 Å². The summed E-state index contributed by atoms with van der Waals surface area (Å²) in [6.07, 6.45) is 2.53. The fourth-order valence-electron chi connectivity index (χ4n) is 5.63. The van der Waals surface area contributed by atoms with Crippen LogP contribution in [0.3, 0.4) is 0 Å². The maximum Gasteiger partial charge on any atom is 0.227 e. The lowest BCUT2D eigenvalue weighted by Crippen LogP contribution is -2.45. The third-order valence-corrected chi connectivity index (χ3v) is 14.2. The molecule has 10 heteroatoms. The van der Waals surface area contributed by atoms with E-state index in [-0.39, 0.29) is 10.5 Å². The van der Waals surface area contributed by atoms with E-state index in [2.05, 4.69) is 85.6 Å². The number of nitriles is 2. The summed E-state index contributed by atoms with van der Waals surface area (Å²) in [7, 11) is -1.96. The Morgan fingerprint density at radius 3 is 2.53 bits per heavy atom. The zero-order valence-electron chi connectivity index (χ0n) is 27.7. The van der Waals surface area contributed by atoms with E-state index in [0.717, 1.165) is 72.9 Å². The highest BCUT2D eigenvalue weighted by molar-refractivity contribution is 6.74. The van der Waals surface area contributed by atoms with Crippen molar-refractivity contribution in [2.75, 3.05) is 56.6 Å². The average molecular weight is 624 g/mol. The van der Waals surface area contributed by atoms with Gasteiger partial charge in [-0.1, -0.05) is 33.8 Å². The molecule has 0 spiro atoms. The molecule has 3 heterocycles. The van der Waals surface area contributed by atoms with Gasteiger partial charge in [0.05, 0.1) is 41.8 Å². The Kier molecular flexibility index (Phi) is 9.34. The summed E-state index contributed by atoms with van der Waals surface area (Å²) in [6.45, 7) is 21.1. The molecule has 0 aliphatic carbocycles. The third-order valence-electron chi connectivity index (χ3n) is 9.69. The normalized spacial score (nSPS) is 18.5. The van der Waals surface area contributed by atoms with Gasteiger partial charge in [0.15, 0.2) is 8.32 Å². The highest BCUT2D eigenvalue weighted by Gasteiger charge is 2.42. The number of nitrogens with one attached hydrogen (secondary N) is 2. The summed E-state index contributed by atoms with van der Waals surface area (Å²) >= 11 is 0. The molecule has 9 nitrogen and oxygen atoms in total. The van der Waals surface area contributed by atoms with Crippen molar-refractivity contribution in [2.45, 2.75) is 64.6 Å². The van der Waals surface area contributed by atoms with Gasteiger partial charge in [-0.3, -0.25) is 4.90 Å². The largest absolute Gasteiger partial charge is 0.416 e. The molecule has 2 N–H and O–H groups in total. The number of fused-ring (bicyclic) bond motifs is 1. The van der Waals surface area contributed by atoms with Crippen LogP contribution in [-0.4, -0.2) is 69.2 Å². The molecule has 2 aliphatic rings. The van der Waals surface area contributed by atoms with E-state index < -0.39 is 8.32 Å². The van der Waals surface area contributed by atoms with Crippen LogP contribution in [0.25, 0.3) is 11.3 Å². The first-order valence-electron chi connectivity index (χ1n) is 15.7. The van der Waals surface area contributed by atoms with Crippen LogP contribution in [0.4, 0.5) is 17.3 Å². The molecule has 0 saturated carbocycles. The van der Waals surface area contributed by atoms with Crippen molar-refractivity contribution in [3.05, 3.63) is 64.3 Å². The number of rotatable bonds is 9. The fraction of sp³-hybridized carbons (Fsp3) is 0.486. The van der Waals surface area contributed by atoms with Crippen molar-refractivity contribution in [1.82, 2.24) is 14.9 Å². The Morgan fingerprint density at radius 1 is 1.11 bits per heavy atom. The molecular formula is C35H45N7O2Si. The molecule has 2 aliphatic heterocycles. The molecule has 1 saturated heterocycles. The van der Waals surface area contributed by atoms with Crippen LogP contribution < -0.4 is 10.6 Å². The number of anilines is 3. The second kappa shape index (κ2) is 12.9. The molecule has 5 rings (SSSR count). The van der Waals surface area contributed by atoms with E-state index in [4.69, 9.17) is 14.1 Å². The number of hydrogen-bond acceptors (Lipinski definition) is 9. The molecule has 1 aromatic heterocycles. The minimum atomic E-state index is -1.96. The van der Waals surface area contributed by atoms with Crippen LogP contribution in [0.2, 0.25) is 18.1 Å². The monoisotopic (exact) mass is 623 g/mol. The predicted molar refractivity (Wildman–Crippen MR) is 181 cm³/mol. The van der Waals surface area contributed by atoms with Gasteiger partial charge >= 0.3 is 0 Å². The van der Waals surface area contributed by atoms with E-state index in [0.29, 0.717) is 35.9 Å². The molecule has 1 atom stereocenters. The molecule has 3 aromatic rings. The molecular weight excluding hydrogens is 579 g/mol. The maximum absolute atomic E-state index is 10.1. The SMILES string of the molecule is Cc1cc(CCN2CCOCC2)c(C#N)cc1Nc1nccc(-c2cc(C#N)c3c(c2)[C@@](C)(CO[Si](C)(C)C(C)(C)C)CN3)n1. The molecule has 0 bridgehead atoms. The minimum absolute atomic E-state index is 0.109. The number of nitrogens with zero attached hydrogens (tertiary/aromatic N) is 5. The van der Waals surface area contributed by atoms with Crippen molar-refractivity contribution in [1.29, 1.82) is 10.5 Å². The first-order valence-corrected chi connectivity index (χ1v) is 18.6. The Labute approximate surface area is 268 Å². The average Bonchev–Trinajstić information content (AvgIpc) is 3.36. The third kappa shape index (κ3) is 7.05. The van der Waals surface area contributed by atoms with Gasteiger partial charge in [0.1, 0.15) is 6.07 Å². The number of hydrogen-bond donors (Lipinski definition) is 2. The van der Waals surface area contributed by atoms with E-state index in [1.54, 1.807) is 6.20 Å². The molecule has 2 aromatic carbocycles. The molecule has 0 unspecified atom stereocenters. The summed E-state index contributed by atoms with van der Waals surface area (Å²) in [4.78, 5) is 11.7. The first-order chi connectivity index (χ1) is 21.3. The number of morpholine rings is 1. The summed E-state index contributed by atoms with van der Waals surface area (Å²) in [5, 5.41) is 27.0. The highest BCUT2D eigenvalue weighted by Crippen LogP contribution is 2.44. The zero-order chi connectivity index (χ0) is 32.4. The molecule has 0 amide bonds. The molecule has 0 radical (unpaired) electrons. The summed E-state index contributed by atoms with van der Waals surface area (Å²) in [5.41, 5.74) is 7.34. The Morgan fingerprint density at radius 2 is 1.84 bits per heavy atom. The highest BCUT2D eigenvalue weighted by atomic mass is 28.4. The smallest absolute Gasteiger partial charge is 0.227 e. The van der Waals surface area contributed by atoms with Gasteiger partial charge in [-0.05, 0) is 72.4 Å². The van der Waals surface area contributed by atoms with Gasteiger partial charge < -0.3 is 19.8 Å². The molecule has 1 fully saturated rings. The van der Waals surface area contributed by atoms with E-state index in [1.165, 1.54) is 0 Å². The number of aromatic nitrogens is 2. The Bertz CT molecular complexity index is 1650. The maximum atomic E-state index is 10.1. The lowest BCUT2D eigenvalue weighted by Gasteiger charge is -2.39. The summed E-state index contributed by atoms with van der Waals surface area (Å²) in [6, 6.07) is 14.6. The fourth-order valence-corrected chi connectivity index (χ4v) is 6.74. The van der Waals surface area contributed by atoms with Crippen LogP contribution >= 0.6 is 0 Å². The second-order valence-electron chi connectivity index (χ2n) is 14.1. The van der Waals surface area contributed by atoms with Gasteiger partial charge in [0.25, 0.3) is 0 Å². The van der Waals surface area contributed by atoms with Gasteiger partial charge in [0, 0.05) is 55.6 Å². The molecule has 45 heavy (non-hydrogen) atoms. The number of benzene rings is 2. The second-order valence-corrected chi connectivity index (χ2v) is 18.9. The van der Waals surface area contributed by atoms with E-state index >= 15 is 0 Å². The van der Waals surface area contributed by atoms with Crippen molar-refractivity contribution in [3.8, 4) is 23.4 Å². The quantitative estimate of drug-likeness (QED) is 0.257. The Hall–Kier alpha value is -3.80. The zero-order valence-corrected chi connectivity index (χ0v) is 28.7. The van der Waals surface area contributed by atoms with E-state index in [1.807, 2.05) is 25.1 Å².